The molecule has 3 rings (SSSR count). The third-order valence-corrected chi connectivity index (χ3v) is 4.09. The zero-order valence-corrected chi connectivity index (χ0v) is 13.0. The number of carbonyl (C=O) groups excluding carboxylic acids is 2. The highest BCUT2D eigenvalue weighted by atomic mass is 16.3. The molecule has 0 aromatic heterocycles. The number of urea groups is 1. The van der Waals surface area contributed by atoms with Crippen molar-refractivity contribution in [2.24, 2.45) is 0 Å². The number of rotatable bonds is 3. The van der Waals surface area contributed by atoms with Crippen molar-refractivity contribution < 1.29 is 14.7 Å². The largest absolute Gasteiger partial charge is 0.369 e. The molecule has 1 fully saturated rings. The van der Waals surface area contributed by atoms with Gasteiger partial charge in [-0.25, -0.2) is 4.79 Å². The molecule has 0 radical (unpaired) electrons. The van der Waals surface area contributed by atoms with E-state index in [1.165, 1.54) is 5.56 Å². The Morgan fingerprint density at radius 1 is 1.09 bits per heavy atom. The van der Waals surface area contributed by atoms with Crippen LogP contribution in [-0.4, -0.2) is 28.0 Å². The fourth-order valence-electron chi connectivity index (χ4n) is 2.73. The Balaban J connectivity index is 1.85. The average Bonchev–Trinajstić information content (AvgIpc) is 2.79. The number of aryl methyl sites for hydroxylation is 1. The molecule has 1 aliphatic heterocycles. The molecule has 1 heterocycles. The zero-order valence-electron chi connectivity index (χ0n) is 13.0. The van der Waals surface area contributed by atoms with Crippen molar-refractivity contribution in [1.82, 2.24) is 10.2 Å². The molecule has 118 valence electrons. The van der Waals surface area contributed by atoms with Crippen LogP contribution in [0.5, 0.6) is 0 Å². The standard InChI is InChI=1S/C18H18N2O3/c1-11-4-3-5-15(10-11)13-6-8-14(9-7-13)17(22)20-12(2)16(21)19-18(20)23/h3-10,12,17,22H,1-2H3,(H,19,21,23)/t12-,17-/m1/s1. The summed E-state index contributed by atoms with van der Waals surface area (Å²) in [5, 5.41) is 12.6. The first-order valence-electron chi connectivity index (χ1n) is 7.45. The van der Waals surface area contributed by atoms with Crippen LogP contribution in [0.2, 0.25) is 0 Å². The minimum Gasteiger partial charge on any atom is -0.369 e. The first-order valence-corrected chi connectivity index (χ1v) is 7.45. The van der Waals surface area contributed by atoms with Gasteiger partial charge in [0.15, 0.2) is 6.23 Å². The van der Waals surface area contributed by atoms with Crippen LogP contribution < -0.4 is 5.32 Å². The molecule has 1 saturated heterocycles. The summed E-state index contributed by atoms with van der Waals surface area (Å²) in [5.74, 6) is -0.398. The number of amides is 3. The van der Waals surface area contributed by atoms with Crippen LogP contribution in [0.15, 0.2) is 48.5 Å². The van der Waals surface area contributed by atoms with Gasteiger partial charge in [-0.3, -0.25) is 15.0 Å². The predicted molar refractivity (Wildman–Crippen MR) is 86.4 cm³/mol. The second-order valence-corrected chi connectivity index (χ2v) is 5.74. The number of carbonyl (C=O) groups is 2. The van der Waals surface area contributed by atoms with E-state index >= 15 is 0 Å². The lowest BCUT2D eigenvalue weighted by atomic mass is 10.0. The maximum Gasteiger partial charge on any atom is 0.327 e. The first-order chi connectivity index (χ1) is 11.0. The van der Waals surface area contributed by atoms with Gasteiger partial charge in [0.05, 0.1) is 0 Å². The van der Waals surface area contributed by atoms with E-state index in [-0.39, 0.29) is 0 Å². The SMILES string of the molecule is Cc1cccc(-c2ccc([C@@H](O)N3C(=O)NC(=O)[C@H]3C)cc2)c1. The van der Waals surface area contributed by atoms with Crippen LogP contribution in [0.1, 0.15) is 24.3 Å². The summed E-state index contributed by atoms with van der Waals surface area (Å²) in [6, 6.07) is 14.2. The smallest absolute Gasteiger partial charge is 0.327 e. The molecule has 2 atom stereocenters. The van der Waals surface area contributed by atoms with Crippen molar-refractivity contribution in [3.8, 4) is 11.1 Å². The summed E-state index contributed by atoms with van der Waals surface area (Å²) < 4.78 is 0. The monoisotopic (exact) mass is 310 g/mol. The predicted octanol–water partition coefficient (Wildman–Crippen LogP) is 2.59. The Morgan fingerprint density at radius 2 is 1.78 bits per heavy atom. The van der Waals surface area contributed by atoms with Crippen LogP contribution in [0.3, 0.4) is 0 Å². The van der Waals surface area contributed by atoms with Gasteiger partial charge in [-0.1, -0.05) is 54.1 Å². The number of hydrogen-bond donors (Lipinski definition) is 2. The van der Waals surface area contributed by atoms with Gasteiger partial charge < -0.3 is 5.11 Å². The second kappa shape index (κ2) is 5.85. The summed E-state index contributed by atoms with van der Waals surface area (Å²) in [5.41, 5.74) is 3.86. The molecular formula is C18H18N2O3. The topological polar surface area (TPSA) is 69.6 Å². The Morgan fingerprint density at radius 3 is 2.35 bits per heavy atom. The van der Waals surface area contributed by atoms with Crippen LogP contribution >= 0.6 is 0 Å². The normalized spacial score (nSPS) is 18.9. The number of nitrogens with zero attached hydrogens (tertiary/aromatic N) is 1. The highest BCUT2D eigenvalue weighted by molar-refractivity contribution is 6.04. The van der Waals surface area contributed by atoms with Gasteiger partial charge in [-0.2, -0.15) is 0 Å². The number of hydrogen-bond acceptors (Lipinski definition) is 3. The van der Waals surface area contributed by atoms with Crippen molar-refractivity contribution in [3.63, 3.8) is 0 Å². The molecule has 0 bridgehead atoms. The maximum atomic E-state index is 11.8. The molecule has 1 aliphatic rings. The minimum atomic E-state index is -1.15. The Bertz CT molecular complexity index is 755. The lowest BCUT2D eigenvalue weighted by Crippen LogP contribution is -2.36. The average molecular weight is 310 g/mol. The summed E-state index contributed by atoms with van der Waals surface area (Å²) in [7, 11) is 0. The molecule has 0 aliphatic carbocycles. The molecule has 23 heavy (non-hydrogen) atoms. The summed E-state index contributed by atoms with van der Waals surface area (Å²) >= 11 is 0. The number of aliphatic hydroxyl groups is 1. The molecule has 0 saturated carbocycles. The Hall–Kier alpha value is -2.66. The highest BCUT2D eigenvalue weighted by Gasteiger charge is 2.39. The molecule has 2 aromatic carbocycles. The summed E-state index contributed by atoms with van der Waals surface area (Å²) in [6.45, 7) is 3.62. The molecule has 2 aromatic rings. The Kier molecular flexibility index (Phi) is 3.88. The van der Waals surface area contributed by atoms with E-state index in [0.717, 1.165) is 16.0 Å². The van der Waals surface area contributed by atoms with Crippen LogP contribution in [0.25, 0.3) is 11.1 Å². The van der Waals surface area contributed by atoms with Gasteiger partial charge in [0.2, 0.25) is 0 Å². The van der Waals surface area contributed by atoms with Crippen LogP contribution in [-0.2, 0) is 4.79 Å². The summed E-state index contributed by atoms with van der Waals surface area (Å²) in [4.78, 5) is 24.4. The number of aliphatic hydroxyl groups excluding tert-OH is 1. The van der Waals surface area contributed by atoms with E-state index in [9.17, 15) is 14.7 Å². The molecule has 3 amide bonds. The zero-order chi connectivity index (χ0) is 16.6. The molecule has 0 unspecified atom stereocenters. The second-order valence-electron chi connectivity index (χ2n) is 5.74. The lowest BCUT2D eigenvalue weighted by Gasteiger charge is -2.25. The maximum absolute atomic E-state index is 11.8. The highest BCUT2D eigenvalue weighted by Crippen LogP contribution is 2.26. The molecule has 2 N–H and O–H groups in total. The fourth-order valence-corrected chi connectivity index (χ4v) is 2.73. The van der Waals surface area contributed by atoms with Gasteiger partial charge in [0.1, 0.15) is 6.04 Å². The van der Waals surface area contributed by atoms with Gasteiger partial charge >= 0.3 is 6.03 Å². The molecular weight excluding hydrogens is 292 g/mol. The van der Waals surface area contributed by atoms with Crippen LogP contribution in [0, 0.1) is 6.92 Å². The lowest BCUT2D eigenvalue weighted by molar-refractivity contribution is -0.122. The van der Waals surface area contributed by atoms with Gasteiger partial charge in [-0.05, 0) is 25.0 Å². The van der Waals surface area contributed by atoms with E-state index in [4.69, 9.17) is 0 Å². The minimum absolute atomic E-state index is 0.398. The van der Waals surface area contributed by atoms with Gasteiger partial charge in [0.25, 0.3) is 5.91 Å². The third kappa shape index (κ3) is 2.83. The van der Waals surface area contributed by atoms with Gasteiger partial charge in [0, 0.05) is 5.56 Å². The first kappa shape index (κ1) is 15.2. The fraction of sp³-hybridized carbons (Fsp3) is 0.222. The molecule has 5 heteroatoms. The third-order valence-electron chi connectivity index (χ3n) is 4.09. The van der Waals surface area contributed by atoms with E-state index in [1.807, 2.05) is 37.3 Å². The van der Waals surface area contributed by atoms with Gasteiger partial charge in [-0.15, -0.1) is 0 Å². The number of imide groups is 1. The van der Waals surface area contributed by atoms with E-state index in [0.29, 0.717) is 5.56 Å². The van der Waals surface area contributed by atoms with Crippen molar-refractivity contribution in [3.05, 3.63) is 59.7 Å². The van der Waals surface area contributed by atoms with E-state index < -0.39 is 24.2 Å². The Labute approximate surface area is 134 Å². The molecule has 0 spiro atoms. The van der Waals surface area contributed by atoms with Crippen molar-refractivity contribution in [2.75, 3.05) is 0 Å². The van der Waals surface area contributed by atoms with Crippen molar-refractivity contribution in [2.45, 2.75) is 26.1 Å². The summed E-state index contributed by atoms with van der Waals surface area (Å²) in [6.07, 6.45) is -1.15. The van der Waals surface area contributed by atoms with E-state index in [1.54, 1.807) is 19.1 Å². The quantitative estimate of drug-likeness (QED) is 0.856. The van der Waals surface area contributed by atoms with Crippen LogP contribution in [0.4, 0.5) is 4.79 Å². The van der Waals surface area contributed by atoms with Crippen molar-refractivity contribution in [1.29, 1.82) is 0 Å². The molecule has 5 nitrogen and oxygen atoms in total. The van der Waals surface area contributed by atoms with E-state index in [2.05, 4.69) is 11.4 Å². The number of nitrogens with one attached hydrogen (secondary N) is 1. The van der Waals surface area contributed by atoms with Crippen molar-refractivity contribution >= 4 is 11.9 Å². The number of benzene rings is 2.